The summed E-state index contributed by atoms with van der Waals surface area (Å²) < 4.78 is 33.4. The van der Waals surface area contributed by atoms with Gasteiger partial charge < -0.3 is 0 Å². The lowest BCUT2D eigenvalue weighted by Gasteiger charge is -2.16. The summed E-state index contributed by atoms with van der Waals surface area (Å²) in [5.74, 6) is -0.239. The standard InChI is InChI=1S/C21H24N2O3S/c1-21(2)18-11-6-7-12-19(18)23(15-8-16-27(24,25)26)20(21)13-14-22-17-9-4-3-5-10-17/h3-7,9-12,14H,8,13,15-16H2,1-2H3/p+1. The van der Waals surface area contributed by atoms with Crippen LogP contribution in [-0.2, 0) is 15.5 Å². The second kappa shape index (κ2) is 7.74. The van der Waals surface area contributed by atoms with Gasteiger partial charge in [-0.15, -0.1) is 0 Å². The normalized spacial score (nSPS) is 16.1. The second-order valence-corrected chi connectivity index (χ2v) is 8.80. The molecule has 0 amide bonds. The van der Waals surface area contributed by atoms with E-state index in [0.717, 1.165) is 11.4 Å². The van der Waals surface area contributed by atoms with Crippen LogP contribution in [0, 0.1) is 0 Å². The summed E-state index contributed by atoms with van der Waals surface area (Å²) in [6.45, 7) is 4.90. The van der Waals surface area contributed by atoms with E-state index in [0.29, 0.717) is 19.4 Å². The Morgan fingerprint density at radius 2 is 1.74 bits per heavy atom. The fourth-order valence-electron chi connectivity index (χ4n) is 3.65. The Bertz CT molecular complexity index is 977. The quantitative estimate of drug-likeness (QED) is 0.442. The molecule has 1 heterocycles. The fourth-order valence-corrected chi connectivity index (χ4v) is 4.15. The van der Waals surface area contributed by atoms with Gasteiger partial charge in [-0.1, -0.05) is 36.4 Å². The molecule has 2 aromatic rings. The Hall–Kier alpha value is -2.31. The zero-order valence-corrected chi connectivity index (χ0v) is 16.5. The summed E-state index contributed by atoms with van der Waals surface area (Å²) >= 11 is 0. The van der Waals surface area contributed by atoms with E-state index in [1.54, 1.807) is 0 Å². The van der Waals surface area contributed by atoms with Crippen molar-refractivity contribution in [3.05, 3.63) is 60.2 Å². The number of aliphatic imine (C=N–C) groups is 1. The van der Waals surface area contributed by atoms with Crippen LogP contribution in [0.3, 0.4) is 0 Å². The molecule has 0 unspecified atom stereocenters. The van der Waals surface area contributed by atoms with Gasteiger partial charge in [-0.3, -0.25) is 9.55 Å². The lowest BCUT2D eigenvalue weighted by Crippen LogP contribution is -2.30. The van der Waals surface area contributed by atoms with Crippen LogP contribution >= 0.6 is 0 Å². The van der Waals surface area contributed by atoms with Gasteiger partial charge in [0.25, 0.3) is 10.1 Å². The first kappa shape index (κ1) is 19.5. The van der Waals surface area contributed by atoms with Crippen molar-refractivity contribution in [2.75, 3.05) is 12.3 Å². The summed E-state index contributed by atoms with van der Waals surface area (Å²) in [7, 11) is -3.95. The first-order valence-corrected chi connectivity index (χ1v) is 10.7. The monoisotopic (exact) mass is 385 g/mol. The van der Waals surface area contributed by atoms with E-state index in [4.69, 9.17) is 4.55 Å². The minimum absolute atomic E-state index is 0.169. The van der Waals surface area contributed by atoms with Gasteiger partial charge in [-0.25, -0.2) is 0 Å². The Balaban J connectivity index is 1.89. The van der Waals surface area contributed by atoms with E-state index in [2.05, 4.69) is 35.5 Å². The topological polar surface area (TPSA) is 69.7 Å². The molecular formula is C21H25N2O3S+. The molecule has 0 radical (unpaired) electrons. The lowest BCUT2D eigenvalue weighted by molar-refractivity contribution is -0.439. The molecule has 0 saturated heterocycles. The number of fused-ring (bicyclic) bond motifs is 1. The van der Waals surface area contributed by atoms with E-state index in [9.17, 15) is 8.42 Å². The van der Waals surface area contributed by atoms with Gasteiger partial charge in [0.05, 0.1) is 23.3 Å². The van der Waals surface area contributed by atoms with Gasteiger partial charge in [-0.05, 0) is 26.0 Å². The number of rotatable bonds is 7. The highest BCUT2D eigenvalue weighted by molar-refractivity contribution is 7.85. The Morgan fingerprint density at radius 1 is 1.07 bits per heavy atom. The van der Waals surface area contributed by atoms with Crippen molar-refractivity contribution in [3.63, 3.8) is 0 Å². The molecular weight excluding hydrogens is 360 g/mol. The summed E-state index contributed by atoms with van der Waals surface area (Å²) in [5, 5.41) is 0. The highest BCUT2D eigenvalue weighted by Gasteiger charge is 2.44. The first-order valence-electron chi connectivity index (χ1n) is 9.05. The van der Waals surface area contributed by atoms with Crippen LogP contribution in [-0.4, -0.2) is 41.8 Å². The zero-order valence-electron chi connectivity index (χ0n) is 15.7. The third-order valence-electron chi connectivity index (χ3n) is 4.98. The van der Waals surface area contributed by atoms with Crippen molar-refractivity contribution in [1.82, 2.24) is 0 Å². The molecule has 2 aromatic carbocycles. The summed E-state index contributed by atoms with van der Waals surface area (Å²) in [6.07, 6.45) is 2.94. The molecule has 1 aliphatic rings. The molecule has 5 nitrogen and oxygen atoms in total. The smallest absolute Gasteiger partial charge is 0.265 e. The number of para-hydroxylation sites is 2. The molecule has 1 N–H and O–H groups in total. The molecule has 0 bridgehead atoms. The molecule has 0 saturated carbocycles. The minimum atomic E-state index is -3.95. The molecule has 0 aliphatic carbocycles. The van der Waals surface area contributed by atoms with Crippen molar-refractivity contribution in [1.29, 1.82) is 0 Å². The molecule has 0 spiro atoms. The number of hydrogen-bond acceptors (Lipinski definition) is 3. The van der Waals surface area contributed by atoms with Gasteiger partial charge in [0.1, 0.15) is 6.54 Å². The largest absolute Gasteiger partial charge is 0.286 e. The third kappa shape index (κ3) is 4.51. The summed E-state index contributed by atoms with van der Waals surface area (Å²) in [6, 6.07) is 18.0. The summed E-state index contributed by atoms with van der Waals surface area (Å²) in [4.78, 5) is 4.54. The van der Waals surface area contributed by atoms with E-state index >= 15 is 0 Å². The van der Waals surface area contributed by atoms with Crippen LogP contribution in [0.2, 0.25) is 0 Å². The Labute approximate surface area is 160 Å². The van der Waals surface area contributed by atoms with E-state index in [1.807, 2.05) is 48.7 Å². The number of nitrogens with zero attached hydrogens (tertiary/aromatic N) is 2. The predicted molar refractivity (Wildman–Crippen MR) is 110 cm³/mol. The zero-order chi connectivity index (χ0) is 19.5. The molecule has 1 aliphatic heterocycles. The van der Waals surface area contributed by atoms with E-state index < -0.39 is 10.1 Å². The van der Waals surface area contributed by atoms with Crippen LogP contribution in [0.25, 0.3) is 0 Å². The maximum absolute atomic E-state index is 11.1. The first-order chi connectivity index (χ1) is 12.8. The molecule has 0 aromatic heterocycles. The van der Waals surface area contributed by atoms with Crippen molar-refractivity contribution >= 4 is 33.4 Å². The number of hydrogen-bond donors (Lipinski definition) is 1. The average Bonchev–Trinajstić information content (AvgIpc) is 2.83. The van der Waals surface area contributed by atoms with Crippen molar-refractivity contribution in [3.8, 4) is 0 Å². The third-order valence-corrected chi connectivity index (χ3v) is 5.79. The predicted octanol–water partition coefficient (Wildman–Crippen LogP) is 4.13. The van der Waals surface area contributed by atoms with E-state index in [-0.39, 0.29) is 11.2 Å². The highest BCUT2D eigenvalue weighted by Crippen LogP contribution is 2.40. The molecule has 27 heavy (non-hydrogen) atoms. The van der Waals surface area contributed by atoms with E-state index in [1.165, 1.54) is 11.3 Å². The number of benzene rings is 2. The van der Waals surface area contributed by atoms with Gasteiger partial charge in [0.2, 0.25) is 5.69 Å². The molecule has 0 atom stereocenters. The maximum Gasteiger partial charge on any atom is 0.265 e. The molecule has 0 fully saturated rings. The minimum Gasteiger partial charge on any atom is -0.286 e. The lowest BCUT2D eigenvalue weighted by atomic mass is 9.80. The fraction of sp³-hybridized carbons (Fsp3) is 0.333. The van der Waals surface area contributed by atoms with Crippen LogP contribution in [0.5, 0.6) is 0 Å². The average molecular weight is 386 g/mol. The SMILES string of the molecule is CC1(C)C(CC=Nc2ccccc2)=[N+](CCCS(=O)(=O)O)c2ccccc21. The maximum atomic E-state index is 11.1. The van der Waals surface area contributed by atoms with Gasteiger partial charge in [0.15, 0.2) is 5.71 Å². The Kier molecular flexibility index (Phi) is 5.58. The van der Waals surface area contributed by atoms with Crippen molar-refractivity contribution in [2.45, 2.75) is 32.1 Å². The van der Waals surface area contributed by atoms with Crippen molar-refractivity contribution in [2.24, 2.45) is 4.99 Å². The van der Waals surface area contributed by atoms with Crippen LogP contribution in [0.1, 0.15) is 32.3 Å². The molecule has 3 rings (SSSR count). The Morgan fingerprint density at radius 3 is 2.44 bits per heavy atom. The van der Waals surface area contributed by atoms with Crippen LogP contribution in [0.4, 0.5) is 11.4 Å². The van der Waals surface area contributed by atoms with Crippen LogP contribution < -0.4 is 0 Å². The van der Waals surface area contributed by atoms with Gasteiger partial charge >= 0.3 is 0 Å². The highest BCUT2D eigenvalue weighted by atomic mass is 32.2. The molecule has 142 valence electrons. The van der Waals surface area contributed by atoms with Crippen molar-refractivity contribution < 1.29 is 17.5 Å². The van der Waals surface area contributed by atoms with Gasteiger partial charge in [0, 0.05) is 24.3 Å². The van der Waals surface area contributed by atoms with Crippen LogP contribution in [0.15, 0.2) is 59.6 Å². The molecule has 6 heteroatoms. The summed E-state index contributed by atoms with van der Waals surface area (Å²) in [5.41, 5.74) is 4.24. The van der Waals surface area contributed by atoms with Gasteiger partial charge in [-0.2, -0.15) is 13.0 Å². The second-order valence-electron chi connectivity index (χ2n) is 7.23.